The van der Waals surface area contributed by atoms with Crippen LogP contribution in [0.15, 0.2) is 12.1 Å². The lowest BCUT2D eigenvalue weighted by atomic mass is 10.2. The monoisotopic (exact) mass is 247 g/mol. The number of unbranched alkanes of at least 4 members (excludes halogenated alkanes) is 1. The van der Waals surface area contributed by atoms with E-state index in [9.17, 15) is 4.79 Å². The van der Waals surface area contributed by atoms with Crippen molar-refractivity contribution in [2.24, 2.45) is 5.73 Å². The van der Waals surface area contributed by atoms with Crippen molar-refractivity contribution in [3.63, 3.8) is 0 Å². The standard InChI is InChI=1S/C12H17N5O/c1-2-3-6-17(8-11(15)18)12-5-4-9(14)10(7-13)16-12/h4-5H,2-3,6,8,14H2,1H3,(H2,15,18). The molecule has 1 aromatic rings. The molecule has 0 aliphatic heterocycles. The molecule has 18 heavy (non-hydrogen) atoms. The first-order valence-corrected chi connectivity index (χ1v) is 5.78. The fourth-order valence-corrected chi connectivity index (χ4v) is 1.54. The number of nitrogens with zero attached hydrogens (tertiary/aromatic N) is 3. The molecule has 0 bridgehead atoms. The molecule has 96 valence electrons. The van der Waals surface area contributed by atoms with Gasteiger partial charge in [-0.3, -0.25) is 4.79 Å². The van der Waals surface area contributed by atoms with E-state index in [2.05, 4.69) is 11.9 Å². The molecule has 0 radical (unpaired) electrons. The lowest BCUT2D eigenvalue weighted by Gasteiger charge is -2.22. The van der Waals surface area contributed by atoms with Crippen LogP contribution in [0.2, 0.25) is 0 Å². The van der Waals surface area contributed by atoms with E-state index in [1.54, 1.807) is 17.0 Å². The summed E-state index contributed by atoms with van der Waals surface area (Å²) < 4.78 is 0. The van der Waals surface area contributed by atoms with Gasteiger partial charge in [-0.1, -0.05) is 13.3 Å². The Morgan fingerprint density at radius 3 is 2.83 bits per heavy atom. The van der Waals surface area contributed by atoms with Gasteiger partial charge in [0.1, 0.15) is 11.9 Å². The van der Waals surface area contributed by atoms with Crippen LogP contribution in [0, 0.1) is 11.3 Å². The van der Waals surface area contributed by atoms with Gasteiger partial charge in [0, 0.05) is 6.54 Å². The smallest absolute Gasteiger partial charge is 0.236 e. The molecule has 0 fully saturated rings. The average molecular weight is 247 g/mol. The quantitative estimate of drug-likeness (QED) is 0.766. The number of hydrogen-bond acceptors (Lipinski definition) is 5. The van der Waals surface area contributed by atoms with Crippen molar-refractivity contribution in [2.45, 2.75) is 19.8 Å². The van der Waals surface area contributed by atoms with E-state index in [0.717, 1.165) is 12.8 Å². The number of nitriles is 1. The minimum atomic E-state index is -0.428. The highest BCUT2D eigenvalue weighted by atomic mass is 16.1. The van der Waals surface area contributed by atoms with E-state index in [1.165, 1.54) is 0 Å². The summed E-state index contributed by atoms with van der Waals surface area (Å²) in [4.78, 5) is 16.9. The molecule has 0 saturated heterocycles. The van der Waals surface area contributed by atoms with Crippen LogP contribution in [0.4, 0.5) is 11.5 Å². The fourth-order valence-electron chi connectivity index (χ4n) is 1.54. The Balaban J connectivity index is 2.97. The van der Waals surface area contributed by atoms with E-state index in [4.69, 9.17) is 16.7 Å². The Bertz CT molecular complexity index is 466. The van der Waals surface area contributed by atoms with Gasteiger partial charge in [-0.05, 0) is 18.6 Å². The van der Waals surface area contributed by atoms with Crippen molar-refractivity contribution in [1.82, 2.24) is 4.98 Å². The molecule has 6 nitrogen and oxygen atoms in total. The number of carbonyl (C=O) groups is 1. The largest absolute Gasteiger partial charge is 0.396 e. The molecule has 4 N–H and O–H groups in total. The van der Waals surface area contributed by atoms with Crippen LogP contribution >= 0.6 is 0 Å². The number of pyridine rings is 1. The minimum absolute atomic E-state index is 0.0851. The van der Waals surface area contributed by atoms with Gasteiger partial charge in [0.2, 0.25) is 5.91 Å². The third-order valence-electron chi connectivity index (χ3n) is 2.47. The summed E-state index contributed by atoms with van der Waals surface area (Å²) in [5, 5.41) is 8.88. The second-order valence-corrected chi connectivity index (χ2v) is 3.96. The van der Waals surface area contributed by atoms with Gasteiger partial charge in [0.15, 0.2) is 5.69 Å². The lowest BCUT2D eigenvalue weighted by molar-refractivity contribution is -0.116. The Kier molecular flexibility index (Phi) is 4.93. The first-order chi connectivity index (χ1) is 8.58. The van der Waals surface area contributed by atoms with Crippen molar-refractivity contribution in [3.8, 4) is 6.07 Å². The van der Waals surface area contributed by atoms with Crippen LogP contribution in [0.1, 0.15) is 25.5 Å². The van der Waals surface area contributed by atoms with E-state index in [-0.39, 0.29) is 12.2 Å². The normalized spacial score (nSPS) is 9.78. The van der Waals surface area contributed by atoms with Gasteiger partial charge < -0.3 is 16.4 Å². The predicted octanol–water partition coefficient (Wildman–Crippen LogP) is 0.627. The zero-order valence-electron chi connectivity index (χ0n) is 10.4. The van der Waals surface area contributed by atoms with Gasteiger partial charge in [-0.25, -0.2) is 4.98 Å². The summed E-state index contributed by atoms with van der Waals surface area (Å²) in [7, 11) is 0. The molecule has 1 aromatic heterocycles. The van der Waals surface area contributed by atoms with Crippen molar-refractivity contribution in [1.29, 1.82) is 5.26 Å². The van der Waals surface area contributed by atoms with Crippen LogP contribution in [-0.4, -0.2) is 24.0 Å². The molecular weight excluding hydrogens is 230 g/mol. The van der Waals surface area contributed by atoms with Crippen molar-refractivity contribution in [2.75, 3.05) is 23.7 Å². The van der Waals surface area contributed by atoms with Crippen LogP contribution in [0.3, 0.4) is 0 Å². The Hall–Kier alpha value is -2.29. The van der Waals surface area contributed by atoms with E-state index < -0.39 is 5.91 Å². The minimum Gasteiger partial charge on any atom is -0.396 e. The molecule has 1 rings (SSSR count). The maximum atomic E-state index is 11.0. The molecule has 0 aliphatic rings. The highest BCUT2D eigenvalue weighted by Crippen LogP contribution is 2.16. The summed E-state index contributed by atoms with van der Waals surface area (Å²) in [6.07, 6.45) is 1.91. The van der Waals surface area contributed by atoms with Gasteiger partial charge >= 0.3 is 0 Å². The summed E-state index contributed by atoms with van der Waals surface area (Å²) in [5.74, 6) is 0.122. The first-order valence-electron chi connectivity index (χ1n) is 5.78. The number of hydrogen-bond donors (Lipinski definition) is 2. The molecule has 1 heterocycles. The van der Waals surface area contributed by atoms with Gasteiger partial charge in [-0.2, -0.15) is 5.26 Å². The van der Waals surface area contributed by atoms with E-state index in [0.29, 0.717) is 18.1 Å². The summed E-state index contributed by atoms with van der Waals surface area (Å²) in [6, 6.07) is 5.22. The molecule has 0 aliphatic carbocycles. The van der Waals surface area contributed by atoms with Crippen LogP contribution in [0.25, 0.3) is 0 Å². The number of nitrogen functional groups attached to an aromatic ring is 1. The van der Waals surface area contributed by atoms with Gasteiger partial charge in [0.25, 0.3) is 0 Å². The number of aromatic nitrogens is 1. The average Bonchev–Trinajstić information content (AvgIpc) is 2.34. The molecular formula is C12H17N5O. The molecule has 1 amide bonds. The van der Waals surface area contributed by atoms with Crippen LogP contribution in [-0.2, 0) is 4.79 Å². The lowest BCUT2D eigenvalue weighted by Crippen LogP contribution is -2.35. The van der Waals surface area contributed by atoms with Crippen LogP contribution < -0.4 is 16.4 Å². The molecule has 0 aromatic carbocycles. The second kappa shape index (κ2) is 6.45. The molecule has 0 atom stereocenters. The van der Waals surface area contributed by atoms with Crippen molar-refractivity contribution >= 4 is 17.4 Å². The Morgan fingerprint density at radius 1 is 1.56 bits per heavy atom. The highest BCUT2D eigenvalue weighted by molar-refractivity contribution is 5.79. The summed E-state index contributed by atoms with van der Waals surface area (Å²) in [5.41, 5.74) is 11.3. The second-order valence-electron chi connectivity index (χ2n) is 3.96. The number of carbonyl (C=O) groups excluding carboxylic acids is 1. The SMILES string of the molecule is CCCCN(CC(N)=O)c1ccc(N)c(C#N)n1. The number of rotatable bonds is 6. The maximum Gasteiger partial charge on any atom is 0.236 e. The summed E-state index contributed by atoms with van der Waals surface area (Å²) >= 11 is 0. The van der Waals surface area contributed by atoms with Gasteiger partial charge in [0.05, 0.1) is 12.2 Å². The Labute approximate surface area is 106 Å². The first kappa shape index (κ1) is 13.8. The third kappa shape index (κ3) is 3.63. The summed E-state index contributed by atoms with van der Waals surface area (Å²) in [6.45, 7) is 2.81. The fraction of sp³-hybridized carbons (Fsp3) is 0.417. The molecule has 6 heteroatoms. The number of primary amides is 1. The number of nitrogens with two attached hydrogens (primary N) is 2. The maximum absolute atomic E-state index is 11.0. The van der Waals surface area contributed by atoms with E-state index in [1.807, 2.05) is 6.07 Å². The molecule has 0 spiro atoms. The topological polar surface area (TPSA) is 109 Å². The molecule has 0 saturated carbocycles. The van der Waals surface area contributed by atoms with Gasteiger partial charge in [-0.15, -0.1) is 0 Å². The van der Waals surface area contributed by atoms with Crippen molar-refractivity contribution < 1.29 is 4.79 Å². The predicted molar refractivity (Wildman–Crippen MR) is 69.7 cm³/mol. The van der Waals surface area contributed by atoms with Crippen LogP contribution in [0.5, 0.6) is 0 Å². The number of anilines is 2. The Morgan fingerprint density at radius 2 is 2.28 bits per heavy atom. The van der Waals surface area contributed by atoms with Crippen molar-refractivity contribution in [3.05, 3.63) is 17.8 Å². The highest BCUT2D eigenvalue weighted by Gasteiger charge is 2.12. The number of amides is 1. The third-order valence-corrected chi connectivity index (χ3v) is 2.47. The molecule has 0 unspecified atom stereocenters. The zero-order valence-corrected chi connectivity index (χ0v) is 10.4. The van der Waals surface area contributed by atoms with E-state index >= 15 is 0 Å². The zero-order chi connectivity index (χ0) is 13.5.